The summed E-state index contributed by atoms with van der Waals surface area (Å²) in [5.41, 5.74) is 2.90. The smallest absolute Gasteiger partial charge is 0.255 e. The summed E-state index contributed by atoms with van der Waals surface area (Å²) < 4.78 is 0. The van der Waals surface area contributed by atoms with E-state index in [2.05, 4.69) is 45.4 Å². The van der Waals surface area contributed by atoms with E-state index in [9.17, 15) is 4.79 Å². The van der Waals surface area contributed by atoms with Gasteiger partial charge in [-0.05, 0) is 48.8 Å². The second-order valence-electron chi connectivity index (χ2n) is 8.47. The van der Waals surface area contributed by atoms with Gasteiger partial charge in [-0.3, -0.25) is 4.79 Å². The van der Waals surface area contributed by atoms with Gasteiger partial charge in [0.2, 0.25) is 0 Å². The number of hydrogen-bond donors (Lipinski definition) is 2. The fraction of sp³-hybridized carbons (Fsp3) is 0.545. The van der Waals surface area contributed by atoms with Crippen LogP contribution in [0.3, 0.4) is 0 Å². The van der Waals surface area contributed by atoms with E-state index in [4.69, 9.17) is 4.98 Å². The van der Waals surface area contributed by atoms with Crippen LogP contribution in [0, 0.1) is 11.8 Å². The number of pyridine rings is 1. The van der Waals surface area contributed by atoms with Gasteiger partial charge < -0.3 is 15.5 Å². The zero-order valence-electron chi connectivity index (χ0n) is 17.3. The lowest BCUT2D eigenvalue weighted by molar-refractivity contribution is 0.0952. The van der Waals surface area contributed by atoms with Gasteiger partial charge >= 0.3 is 0 Å². The number of rotatable bonds is 7. The van der Waals surface area contributed by atoms with E-state index in [1.807, 2.05) is 6.07 Å². The average Bonchev–Trinajstić information content (AvgIpc) is 3.57. The molecule has 7 heteroatoms. The third-order valence-corrected chi connectivity index (χ3v) is 5.52. The Morgan fingerprint density at radius 2 is 2.10 bits per heavy atom. The summed E-state index contributed by atoms with van der Waals surface area (Å²) in [6, 6.07) is 3.99. The topological polar surface area (TPSA) is 83.0 Å². The molecule has 154 valence electrons. The van der Waals surface area contributed by atoms with Crippen LogP contribution in [0.4, 0.5) is 11.6 Å². The van der Waals surface area contributed by atoms with Crippen molar-refractivity contribution in [3.8, 4) is 0 Å². The molecule has 0 atom stereocenters. The van der Waals surface area contributed by atoms with Crippen LogP contribution in [0.25, 0.3) is 0 Å². The minimum Gasteiger partial charge on any atom is -0.369 e. The third-order valence-electron chi connectivity index (χ3n) is 5.52. The van der Waals surface area contributed by atoms with Crippen molar-refractivity contribution in [2.24, 2.45) is 11.8 Å². The molecule has 0 aromatic carbocycles. The highest BCUT2D eigenvalue weighted by Gasteiger charge is 2.24. The second kappa shape index (κ2) is 8.76. The van der Waals surface area contributed by atoms with Gasteiger partial charge in [0, 0.05) is 44.5 Å². The predicted molar refractivity (Wildman–Crippen MR) is 114 cm³/mol. The zero-order chi connectivity index (χ0) is 20.2. The Morgan fingerprint density at radius 3 is 2.83 bits per heavy atom. The van der Waals surface area contributed by atoms with Crippen molar-refractivity contribution in [1.29, 1.82) is 0 Å². The van der Waals surface area contributed by atoms with Crippen LogP contribution in [0.15, 0.2) is 24.7 Å². The molecule has 1 saturated carbocycles. The van der Waals surface area contributed by atoms with Gasteiger partial charge in [-0.2, -0.15) is 0 Å². The van der Waals surface area contributed by atoms with Gasteiger partial charge in [0.25, 0.3) is 5.91 Å². The summed E-state index contributed by atoms with van der Waals surface area (Å²) in [5, 5.41) is 6.50. The first kappa shape index (κ1) is 19.6. The highest BCUT2D eigenvalue weighted by molar-refractivity contribution is 5.99. The van der Waals surface area contributed by atoms with Crippen molar-refractivity contribution in [3.05, 3.63) is 41.5 Å². The summed E-state index contributed by atoms with van der Waals surface area (Å²) in [4.78, 5) is 28.4. The van der Waals surface area contributed by atoms with Crippen LogP contribution in [-0.2, 0) is 12.8 Å². The summed E-state index contributed by atoms with van der Waals surface area (Å²) in [6.45, 7) is 7.58. The van der Waals surface area contributed by atoms with E-state index in [1.165, 1.54) is 12.8 Å². The molecule has 3 heterocycles. The standard InChI is InChI=1S/C22H30N6O/c1-15(2)12-24-21-18(22(29)25-13-16-3-4-16)11-17-6-9-28(10-7-19(17)27-21)20-5-8-23-14-26-20/h5,8,11,14-16H,3-4,6-7,9-10,12-13H2,1-2H3,(H,24,27)(H,25,29). The lowest BCUT2D eigenvalue weighted by Gasteiger charge is -2.20. The number of anilines is 2. The van der Waals surface area contributed by atoms with E-state index in [-0.39, 0.29) is 5.91 Å². The van der Waals surface area contributed by atoms with E-state index in [0.29, 0.717) is 23.2 Å². The van der Waals surface area contributed by atoms with Crippen LogP contribution in [0.2, 0.25) is 0 Å². The fourth-order valence-electron chi connectivity index (χ4n) is 3.60. The number of nitrogens with zero attached hydrogens (tertiary/aromatic N) is 4. The number of fused-ring (bicyclic) bond motifs is 1. The van der Waals surface area contributed by atoms with E-state index in [0.717, 1.165) is 56.1 Å². The molecular formula is C22H30N6O. The maximum atomic E-state index is 12.9. The van der Waals surface area contributed by atoms with Crippen LogP contribution in [-0.4, -0.2) is 47.0 Å². The average molecular weight is 395 g/mol. The molecular weight excluding hydrogens is 364 g/mol. The first-order valence-electron chi connectivity index (χ1n) is 10.7. The summed E-state index contributed by atoms with van der Waals surface area (Å²) >= 11 is 0. The molecule has 1 aliphatic carbocycles. The molecule has 0 saturated heterocycles. The van der Waals surface area contributed by atoms with Crippen LogP contribution in [0.1, 0.15) is 48.3 Å². The Hall–Kier alpha value is -2.70. The minimum absolute atomic E-state index is 0.0182. The Bertz CT molecular complexity index is 850. The first-order chi connectivity index (χ1) is 14.1. The minimum atomic E-state index is -0.0182. The van der Waals surface area contributed by atoms with E-state index < -0.39 is 0 Å². The van der Waals surface area contributed by atoms with Crippen LogP contribution < -0.4 is 15.5 Å². The monoisotopic (exact) mass is 394 g/mol. The largest absolute Gasteiger partial charge is 0.369 e. The maximum Gasteiger partial charge on any atom is 0.255 e. The number of hydrogen-bond acceptors (Lipinski definition) is 6. The summed E-state index contributed by atoms with van der Waals surface area (Å²) in [5.74, 6) is 2.76. The molecule has 0 radical (unpaired) electrons. The van der Waals surface area contributed by atoms with Crippen molar-refractivity contribution < 1.29 is 4.79 Å². The molecule has 2 aromatic heterocycles. The Morgan fingerprint density at radius 1 is 1.28 bits per heavy atom. The molecule has 2 N–H and O–H groups in total. The van der Waals surface area contributed by atoms with Gasteiger partial charge in [0.15, 0.2) is 0 Å². The van der Waals surface area contributed by atoms with E-state index in [1.54, 1.807) is 12.5 Å². The Balaban J connectivity index is 1.56. The number of carbonyl (C=O) groups excluding carboxylic acids is 1. The SMILES string of the molecule is CC(C)CNc1nc2c(cc1C(=O)NCC1CC1)CCN(c1ccncn1)CC2. The third kappa shape index (κ3) is 5.02. The number of carbonyl (C=O) groups is 1. The summed E-state index contributed by atoms with van der Waals surface area (Å²) in [7, 11) is 0. The van der Waals surface area contributed by atoms with Crippen LogP contribution in [0.5, 0.6) is 0 Å². The molecule has 0 spiro atoms. The van der Waals surface area contributed by atoms with Gasteiger partial charge in [-0.25, -0.2) is 15.0 Å². The first-order valence-corrected chi connectivity index (χ1v) is 10.7. The molecule has 1 aliphatic heterocycles. The highest BCUT2D eigenvalue weighted by Crippen LogP contribution is 2.28. The zero-order valence-corrected chi connectivity index (χ0v) is 17.3. The predicted octanol–water partition coefficient (Wildman–Crippen LogP) is 2.68. The number of nitrogens with one attached hydrogen (secondary N) is 2. The van der Waals surface area contributed by atoms with E-state index >= 15 is 0 Å². The van der Waals surface area contributed by atoms with Gasteiger partial charge in [-0.15, -0.1) is 0 Å². The van der Waals surface area contributed by atoms with Crippen molar-refractivity contribution >= 4 is 17.5 Å². The quantitative estimate of drug-likeness (QED) is 0.751. The van der Waals surface area contributed by atoms with Crippen molar-refractivity contribution in [3.63, 3.8) is 0 Å². The maximum absolute atomic E-state index is 12.9. The Labute approximate surface area is 172 Å². The molecule has 0 bridgehead atoms. The normalized spacial score (nSPS) is 16.3. The van der Waals surface area contributed by atoms with Crippen molar-refractivity contribution in [2.75, 3.05) is 36.4 Å². The van der Waals surface area contributed by atoms with Gasteiger partial charge in [0.05, 0.1) is 5.56 Å². The number of aromatic nitrogens is 3. The second-order valence-corrected chi connectivity index (χ2v) is 8.47. The number of amides is 1. The highest BCUT2D eigenvalue weighted by atomic mass is 16.1. The fourth-order valence-corrected chi connectivity index (χ4v) is 3.60. The van der Waals surface area contributed by atoms with Crippen LogP contribution >= 0.6 is 0 Å². The van der Waals surface area contributed by atoms with Crippen molar-refractivity contribution in [2.45, 2.75) is 39.5 Å². The molecule has 4 rings (SSSR count). The molecule has 29 heavy (non-hydrogen) atoms. The molecule has 2 aromatic rings. The van der Waals surface area contributed by atoms with Gasteiger partial charge in [-0.1, -0.05) is 13.8 Å². The molecule has 1 fully saturated rings. The lowest BCUT2D eigenvalue weighted by Crippen LogP contribution is -2.27. The van der Waals surface area contributed by atoms with Crippen molar-refractivity contribution in [1.82, 2.24) is 20.3 Å². The molecule has 2 aliphatic rings. The summed E-state index contributed by atoms with van der Waals surface area (Å²) in [6.07, 6.45) is 7.48. The molecule has 0 unspecified atom stereocenters. The molecule has 1 amide bonds. The molecule has 7 nitrogen and oxygen atoms in total. The Kier molecular flexibility index (Phi) is 5.92. The lowest BCUT2D eigenvalue weighted by atomic mass is 10.0. The van der Waals surface area contributed by atoms with Gasteiger partial charge in [0.1, 0.15) is 18.0 Å².